The van der Waals surface area contributed by atoms with Crippen molar-refractivity contribution in [2.75, 3.05) is 11.4 Å². The quantitative estimate of drug-likeness (QED) is 0.861. The second-order valence-electron chi connectivity index (χ2n) is 5.69. The number of rotatable bonds is 3. The summed E-state index contributed by atoms with van der Waals surface area (Å²) in [5, 5.41) is 9.53. The third kappa shape index (κ3) is 2.09. The number of carboxylic acid groups (broad SMARTS) is 1. The minimum Gasteiger partial charge on any atom is -0.480 e. The van der Waals surface area contributed by atoms with E-state index in [9.17, 15) is 14.7 Å². The number of nitrogens with zero attached hydrogens (tertiary/aromatic N) is 2. The fourth-order valence-electron chi connectivity index (χ4n) is 3.67. The summed E-state index contributed by atoms with van der Waals surface area (Å²) in [4.78, 5) is 32.2. The maximum atomic E-state index is 11.7. The van der Waals surface area contributed by atoms with Gasteiger partial charge in [-0.25, -0.2) is 9.78 Å². The Kier molecular flexibility index (Phi) is 3.23. The number of aryl methyl sites for hydroxylation is 1. The molecule has 2 N–H and O–H groups in total. The number of H-pyrrole nitrogens is 1. The van der Waals surface area contributed by atoms with Gasteiger partial charge in [0, 0.05) is 19.0 Å². The van der Waals surface area contributed by atoms with Gasteiger partial charge in [-0.05, 0) is 24.7 Å². The van der Waals surface area contributed by atoms with Gasteiger partial charge < -0.3 is 15.0 Å². The number of nitrogens with one attached hydrogen (secondary N) is 1. The molecule has 6 nitrogen and oxygen atoms in total. The summed E-state index contributed by atoms with van der Waals surface area (Å²) in [6.45, 7) is 2.61. The van der Waals surface area contributed by atoms with Gasteiger partial charge in [0.2, 0.25) is 0 Å². The fourth-order valence-corrected chi connectivity index (χ4v) is 3.67. The smallest absolute Gasteiger partial charge is 0.326 e. The highest BCUT2D eigenvalue weighted by molar-refractivity contribution is 5.79. The van der Waals surface area contributed by atoms with Crippen molar-refractivity contribution in [1.29, 1.82) is 0 Å². The summed E-state index contributed by atoms with van der Waals surface area (Å²) in [5.41, 5.74) is -0.215. The molecule has 1 aromatic heterocycles. The predicted molar refractivity (Wildman–Crippen MR) is 73.8 cm³/mol. The summed E-state index contributed by atoms with van der Waals surface area (Å²) in [6, 6.07) is 0.873. The van der Waals surface area contributed by atoms with Gasteiger partial charge in [-0.2, -0.15) is 0 Å². The second kappa shape index (κ2) is 4.92. The van der Waals surface area contributed by atoms with E-state index >= 15 is 0 Å². The zero-order chi connectivity index (χ0) is 14.3. The van der Waals surface area contributed by atoms with E-state index in [1.165, 1.54) is 6.07 Å². The van der Waals surface area contributed by atoms with Crippen molar-refractivity contribution in [2.24, 2.45) is 11.8 Å². The van der Waals surface area contributed by atoms with Gasteiger partial charge in [0.25, 0.3) is 5.56 Å². The maximum Gasteiger partial charge on any atom is 0.326 e. The number of carbonyl (C=O) groups is 1. The minimum absolute atomic E-state index is 0.193. The molecule has 0 spiro atoms. The lowest BCUT2D eigenvalue weighted by atomic mass is 9.94. The van der Waals surface area contributed by atoms with Crippen LogP contribution in [0.15, 0.2) is 10.9 Å². The molecular formula is C14H19N3O3. The maximum absolute atomic E-state index is 11.7. The van der Waals surface area contributed by atoms with Crippen LogP contribution in [0.5, 0.6) is 0 Å². The molecule has 20 heavy (non-hydrogen) atoms. The number of anilines is 1. The van der Waals surface area contributed by atoms with E-state index in [1.54, 1.807) is 0 Å². The van der Waals surface area contributed by atoms with Crippen molar-refractivity contribution in [3.05, 3.63) is 22.2 Å². The topological polar surface area (TPSA) is 86.3 Å². The largest absolute Gasteiger partial charge is 0.480 e. The molecule has 1 aliphatic heterocycles. The SMILES string of the molecule is CCc1nc(N2CC3CCCC3C2C(=O)O)cc(=O)[nH]1. The van der Waals surface area contributed by atoms with E-state index in [2.05, 4.69) is 9.97 Å². The molecular weight excluding hydrogens is 258 g/mol. The molecule has 0 bridgehead atoms. The molecule has 2 aliphatic rings. The Morgan fingerprint density at radius 3 is 3.05 bits per heavy atom. The molecule has 0 radical (unpaired) electrons. The number of aromatic nitrogens is 2. The minimum atomic E-state index is -0.806. The molecule has 3 unspecified atom stereocenters. The van der Waals surface area contributed by atoms with Crippen molar-refractivity contribution in [3.8, 4) is 0 Å². The first-order valence-corrected chi connectivity index (χ1v) is 7.20. The zero-order valence-electron chi connectivity index (χ0n) is 11.5. The van der Waals surface area contributed by atoms with Crippen LogP contribution in [0.1, 0.15) is 32.0 Å². The van der Waals surface area contributed by atoms with Gasteiger partial charge in [-0.15, -0.1) is 0 Å². The van der Waals surface area contributed by atoms with Crippen LogP contribution in [-0.4, -0.2) is 33.6 Å². The summed E-state index contributed by atoms with van der Waals surface area (Å²) >= 11 is 0. The zero-order valence-corrected chi connectivity index (χ0v) is 11.5. The van der Waals surface area contributed by atoms with Crippen LogP contribution >= 0.6 is 0 Å². The van der Waals surface area contributed by atoms with Gasteiger partial charge in [0.1, 0.15) is 17.7 Å². The first-order chi connectivity index (χ1) is 9.60. The lowest BCUT2D eigenvalue weighted by Gasteiger charge is -2.25. The molecule has 0 amide bonds. The lowest BCUT2D eigenvalue weighted by molar-refractivity contribution is -0.139. The van der Waals surface area contributed by atoms with Crippen molar-refractivity contribution in [2.45, 2.75) is 38.6 Å². The molecule has 2 fully saturated rings. The summed E-state index contributed by atoms with van der Waals surface area (Å²) in [6.07, 6.45) is 3.77. The van der Waals surface area contributed by atoms with Gasteiger partial charge >= 0.3 is 5.97 Å². The van der Waals surface area contributed by atoms with E-state index in [0.29, 0.717) is 30.5 Å². The monoisotopic (exact) mass is 277 g/mol. The van der Waals surface area contributed by atoms with Gasteiger partial charge in [-0.3, -0.25) is 4.79 Å². The van der Waals surface area contributed by atoms with Crippen LogP contribution in [0, 0.1) is 11.8 Å². The lowest BCUT2D eigenvalue weighted by Crippen LogP contribution is -2.40. The average Bonchev–Trinajstić information content (AvgIpc) is 2.96. The van der Waals surface area contributed by atoms with E-state index < -0.39 is 12.0 Å². The van der Waals surface area contributed by atoms with Gasteiger partial charge in [0.05, 0.1) is 0 Å². The highest BCUT2D eigenvalue weighted by Crippen LogP contribution is 2.43. The van der Waals surface area contributed by atoms with Crippen LogP contribution < -0.4 is 10.5 Å². The first-order valence-electron chi connectivity index (χ1n) is 7.20. The summed E-state index contributed by atoms with van der Waals surface area (Å²) in [7, 11) is 0. The second-order valence-corrected chi connectivity index (χ2v) is 5.69. The van der Waals surface area contributed by atoms with Crippen molar-refractivity contribution in [1.82, 2.24) is 9.97 Å². The normalized spacial score (nSPS) is 28.6. The first kappa shape index (κ1) is 13.1. The Labute approximate surface area is 116 Å². The van der Waals surface area contributed by atoms with Crippen LogP contribution in [0.3, 0.4) is 0 Å². The standard InChI is InChI=1S/C14H19N3O3/c1-2-10-15-11(6-12(18)16-10)17-7-8-4-3-5-9(8)13(17)14(19)20/h6,8-9,13H,2-5,7H2,1H3,(H,19,20)(H,15,16,18). The Hall–Kier alpha value is -1.85. The molecule has 1 aromatic rings. The van der Waals surface area contributed by atoms with E-state index in [0.717, 1.165) is 19.3 Å². The molecule has 108 valence electrons. The average molecular weight is 277 g/mol. The number of carboxylic acids is 1. The Balaban J connectivity index is 1.98. The number of aromatic amines is 1. The van der Waals surface area contributed by atoms with Crippen LogP contribution in [0.4, 0.5) is 5.82 Å². The Bertz CT molecular complexity index is 583. The molecule has 3 atom stereocenters. The number of aliphatic carboxylic acids is 1. The fraction of sp³-hybridized carbons (Fsp3) is 0.643. The van der Waals surface area contributed by atoms with Crippen molar-refractivity contribution in [3.63, 3.8) is 0 Å². The number of fused-ring (bicyclic) bond motifs is 1. The molecule has 2 heterocycles. The van der Waals surface area contributed by atoms with Gasteiger partial charge in [0.15, 0.2) is 0 Å². The van der Waals surface area contributed by atoms with Crippen LogP contribution in [-0.2, 0) is 11.2 Å². The Morgan fingerprint density at radius 1 is 1.55 bits per heavy atom. The van der Waals surface area contributed by atoms with Crippen LogP contribution in [0.2, 0.25) is 0 Å². The molecule has 1 saturated heterocycles. The van der Waals surface area contributed by atoms with Crippen molar-refractivity contribution < 1.29 is 9.90 Å². The summed E-state index contributed by atoms with van der Waals surface area (Å²) in [5.74, 6) is 0.918. The van der Waals surface area contributed by atoms with Gasteiger partial charge in [-0.1, -0.05) is 13.3 Å². The summed E-state index contributed by atoms with van der Waals surface area (Å²) < 4.78 is 0. The highest BCUT2D eigenvalue weighted by atomic mass is 16.4. The molecule has 1 aliphatic carbocycles. The molecule has 6 heteroatoms. The Morgan fingerprint density at radius 2 is 2.35 bits per heavy atom. The van der Waals surface area contributed by atoms with Crippen LogP contribution in [0.25, 0.3) is 0 Å². The molecule has 1 saturated carbocycles. The predicted octanol–water partition coefficient (Wildman–Crippen LogP) is 1.02. The van der Waals surface area contributed by atoms with Crippen molar-refractivity contribution >= 4 is 11.8 Å². The van der Waals surface area contributed by atoms with E-state index in [4.69, 9.17) is 0 Å². The molecule has 3 rings (SSSR count). The van der Waals surface area contributed by atoms with E-state index in [1.807, 2.05) is 11.8 Å². The third-order valence-electron chi connectivity index (χ3n) is 4.55. The molecule has 0 aromatic carbocycles. The highest BCUT2D eigenvalue weighted by Gasteiger charge is 2.48. The third-order valence-corrected chi connectivity index (χ3v) is 4.55. The van der Waals surface area contributed by atoms with E-state index in [-0.39, 0.29) is 11.5 Å². The number of hydrogen-bond acceptors (Lipinski definition) is 4. The number of hydrogen-bond donors (Lipinski definition) is 2.